The Bertz CT molecular complexity index is 1150. The minimum Gasteiger partial charge on any atom is -0.478 e. The predicted octanol–water partition coefficient (Wildman–Crippen LogP) is 4.31. The number of rotatable bonds is 6. The van der Waals surface area contributed by atoms with Crippen molar-refractivity contribution in [3.05, 3.63) is 59.7 Å². The summed E-state index contributed by atoms with van der Waals surface area (Å²) in [4.78, 5) is 33.2. The van der Waals surface area contributed by atoms with Crippen LogP contribution in [0.15, 0.2) is 48.5 Å². The third-order valence-electron chi connectivity index (χ3n) is 5.76. The van der Waals surface area contributed by atoms with Crippen LogP contribution in [0.1, 0.15) is 35.7 Å². The second-order valence-corrected chi connectivity index (χ2v) is 8.18. The van der Waals surface area contributed by atoms with Crippen molar-refractivity contribution in [2.24, 2.45) is 0 Å². The summed E-state index contributed by atoms with van der Waals surface area (Å²) in [6.45, 7) is 7.23. The zero-order chi connectivity index (χ0) is 22.7. The molecule has 166 valence electrons. The fraction of sp³-hybridized carbons (Fsp3) is 0.320. The maximum Gasteiger partial charge on any atom is 0.336 e. The monoisotopic (exact) mass is 432 g/mol. The number of benzene rings is 2. The van der Waals surface area contributed by atoms with Crippen LogP contribution in [-0.4, -0.2) is 48.1 Å². The maximum atomic E-state index is 12.0. The molecule has 1 aromatic heterocycles. The summed E-state index contributed by atoms with van der Waals surface area (Å²) in [6, 6.07) is 15.3. The van der Waals surface area contributed by atoms with Crippen LogP contribution in [0.2, 0.25) is 0 Å². The quantitative estimate of drug-likeness (QED) is 0.604. The fourth-order valence-electron chi connectivity index (χ4n) is 4.10. The highest BCUT2D eigenvalue weighted by Crippen LogP contribution is 2.27. The number of carboxylic acid groups (broad SMARTS) is 1. The van der Waals surface area contributed by atoms with E-state index >= 15 is 0 Å². The van der Waals surface area contributed by atoms with Crippen LogP contribution in [0.4, 0.5) is 17.2 Å². The molecule has 0 unspecified atom stereocenters. The number of hydrogen-bond donors (Lipinski definition) is 2. The van der Waals surface area contributed by atoms with E-state index in [1.165, 1.54) is 11.3 Å². The van der Waals surface area contributed by atoms with Crippen LogP contribution in [-0.2, 0) is 4.79 Å². The molecule has 2 N–H and O–H groups in total. The minimum atomic E-state index is -1.01. The molecule has 0 spiro atoms. The van der Waals surface area contributed by atoms with Crippen molar-refractivity contribution in [2.45, 2.75) is 26.7 Å². The molecule has 0 atom stereocenters. The third-order valence-corrected chi connectivity index (χ3v) is 5.76. The zero-order valence-corrected chi connectivity index (χ0v) is 18.5. The molecule has 1 aliphatic heterocycles. The summed E-state index contributed by atoms with van der Waals surface area (Å²) >= 11 is 0. The van der Waals surface area contributed by atoms with Crippen molar-refractivity contribution in [3.63, 3.8) is 0 Å². The summed E-state index contributed by atoms with van der Waals surface area (Å²) in [5.74, 6) is -0.421. The number of amides is 1. The van der Waals surface area contributed by atoms with E-state index in [-0.39, 0.29) is 11.5 Å². The van der Waals surface area contributed by atoms with Gasteiger partial charge in [-0.05, 0) is 55.3 Å². The summed E-state index contributed by atoms with van der Waals surface area (Å²) in [5, 5.41) is 13.2. The lowest BCUT2D eigenvalue weighted by Gasteiger charge is -2.37. The molecule has 2 heterocycles. The van der Waals surface area contributed by atoms with Crippen LogP contribution in [0.5, 0.6) is 0 Å². The second kappa shape index (κ2) is 9.26. The number of piperazine rings is 1. The van der Waals surface area contributed by atoms with Gasteiger partial charge in [0.05, 0.1) is 11.1 Å². The first-order valence-electron chi connectivity index (χ1n) is 11.0. The number of pyridine rings is 1. The third kappa shape index (κ3) is 4.66. The first-order chi connectivity index (χ1) is 15.4. The molecule has 7 nitrogen and oxygen atoms in total. The smallest absolute Gasteiger partial charge is 0.336 e. The molecule has 0 radical (unpaired) electrons. The number of carboxylic acids is 1. The minimum absolute atomic E-state index is 0.0835. The number of anilines is 3. The summed E-state index contributed by atoms with van der Waals surface area (Å²) in [7, 11) is 0. The molecule has 1 saturated heterocycles. The first kappa shape index (κ1) is 21.6. The van der Waals surface area contributed by atoms with E-state index in [2.05, 4.69) is 46.3 Å². The number of hydrogen-bond acceptors (Lipinski definition) is 5. The van der Waals surface area contributed by atoms with E-state index in [0.29, 0.717) is 28.8 Å². The van der Waals surface area contributed by atoms with E-state index in [4.69, 9.17) is 4.98 Å². The van der Waals surface area contributed by atoms with Crippen molar-refractivity contribution in [2.75, 3.05) is 41.3 Å². The molecule has 4 rings (SSSR count). The maximum absolute atomic E-state index is 12.0. The summed E-state index contributed by atoms with van der Waals surface area (Å²) in [5.41, 5.74) is 3.82. The van der Waals surface area contributed by atoms with Crippen molar-refractivity contribution in [1.29, 1.82) is 0 Å². The number of carbonyl (C=O) groups excluding carboxylic acids is 1. The van der Waals surface area contributed by atoms with Crippen LogP contribution >= 0.6 is 0 Å². The van der Waals surface area contributed by atoms with Crippen LogP contribution < -0.4 is 15.1 Å². The molecule has 1 aliphatic rings. The van der Waals surface area contributed by atoms with Gasteiger partial charge >= 0.3 is 5.97 Å². The number of fused-ring (bicyclic) bond motifs is 1. The lowest BCUT2D eigenvalue weighted by molar-refractivity contribution is -0.116. The fourth-order valence-corrected chi connectivity index (χ4v) is 4.10. The van der Waals surface area contributed by atoms with E-state index in [0.717, 1.165) is 32.6 Å². The van der Waals surface area contributed by atoms with Gasteiger partial charge in [0, 0.05) is 49.4 Å². The van der Waals surface area contributed by atoms with Gasteiger partial charge in [-0.2, -0.15) is 0 Å². The highest BCUT2D eigenvalue weighted by molar-refractivity contribution is 6.05. The zero-order valence-electron chi connectivity index (χ0n) is 18.5. The number of aryl methyl sites for hydroxylation is 1. The Balaban J connectivity index is 1.57. The lowest BCUT2D eigenvalue weighted by Crippen LogP contribution is -2.46. The largest absolute Gasteiger partial charge is 0.478 e. The predicted molar refractivity (Wildman–Crippen MR) is 128 cm³/mol. The van der Waals surface area contributed by atoms with Gasteiger partial charge in [0.2, 0.25) is 5.91 Å². The Kier molecular flexibility index (Phi) is 6.25. The Labute approximate surface area is 187 Å². The normalized spacial score (nSPS) is 13.9. The Morgan fingerprint density at radius 1 is 1.03 bits per heavy atom. The van der Waals surface area contributed by atoms with Gasteiger partial charge in [0.15, 0.2) is 0 Å². The summed E-state index contributed by atoms with van der Waals surface area (Å²) < 4.78 is 0. The molecular weight excluding hydrogens is 404 g/mol. The molecule has 32 heavy (non-hydrogen) atoms. The highest BCUT2D eigenvalue weighted by atomic mass is 16.4. The van der Waals surface area contributed by atoms with Crippen LogP contribution in [0, 0.1) is 6.92 Å². The van der Waals surface area contributed by atoms with Crippen molar-refractivity contribution < 1.29 is 14.7 Å². The second-order valence-electron chi connectivity index (χ2n) is 8.18. The van der Waals surface area contributed by atoms with Gasteiger partial charge in [0.25, 0.3) is 0 Å². The van der Waals surface area contributed by atoms with Crippen LogP contribution in [0.25, 0.3) is 10.9 Å². The van der Waals surface area contributed by atoms with Gasteiger partial charge < -0.3 is 20.2 Å². The molecule has 1 amide bonds. The van der Waals surface area contributed by atoms with E-state index in [9.17, 15) is 14.7 Å². The van der Waals surface area contributed by atoms with Crippen molar-refractivity contribution >= 4 is 40.0 Å². The molecule has 2 aromatic carbocycles. The average Bonchev–Trinajstić information content (AvgIpc) is 2.78. The van der Waals surface area contributed by atoms with Gasteiger partial charge in [-0.15, -0.1) is 0 Å². The van der Waals surface area contributed by atoms with E-state index in [1.54, 1.807) is 24.3 Å². The van der Waals surface area contributed by atoms with Gasteiger partial charge in [-0.1, -0.05) is 19.1 Å². The molecule has 3 aromatic rings. The SMILES string of the molecule is CCCC(=O)Nc1ccc2nc(N3CCN(c4cccc(C)c4)CC3)cc(C(=O)O)c2c1. The number of aromatic carboxylic acids is 1. The van der Waals surface area contributed by atoms with Gasteiger partial charge in [-0.25, -0.2) is 9.78 Å². The highest BCUT2D eigenvalue weighted by Gasteiger charge is 2.21. The number of aromatic nitrogens is 1. The Hall–Kier alpha value is -3.61. The topological polar surface area (TPSA) is 85.8 Å². The number of nitrogens with zero attached hydrogens (tertiary/aromatic N) is 3. The van der Waals surface area contributed by atoms with E-state index < -0.39 is 5.97 Å². The molecule has 0 aliphatic carbocycles. The number of nitrogens with one attached hydrogen (secondary N) is 1. The molecule has 0 saturated carbocycles. The molecule has 1 fully saturated rings. The van der Waals surface area contributed by atoms with E-state index in [1.807, 2.05) is 6.92 Å². The van der Waals surface area contributed by atoms with Crippen molar-refractivity contribution in [1.82, 2.24) is 4.98 Å². The number of carbonyl (C=O) groups is 2. The standard InChI is InChI=1S/C25H28N4O3/c1-3-5-24(30)26-18-8-9-22-20(15-18)21(25(31)32)16-23(27-22)29-12-10-28(11-13-29)19-7-4-6-17(2)14-19/h4,6-9,14-16H,3,5,10-13H2,1-2H3,(H,26,30)(H,31,32). The summed E-state index contributed by atoms with van der Waals surface area (Å²) in [6.07, 6.45) is 1.18. The average molecular weight is 433 g/mol. The van der Waals surface area contributed by atoms with Crippen LogP contribution in [0.3, 0.4) is 0 Å². The molecule has 7 heteroatoms. The van der Waals surface area contributed by atoms with Gasteiger partial charge in [0.1, 0.15) is 5.82 Å². The van der Waals surface area contributed by atoms with Crippen molar-refractivity contribution in [3.8, 4) is 0 Å². The molecule has 0 bridgehead atoms. The molecular formula is C25H28N4O3. The Morgan fingerprint density at radius 2 is 1.78 bits per heavy atom. The lowest BCUT2D eigenvalue weighted by atomic mass is 10.1. The Morgan fingerprint density at radius 3 is 2.47 bits per heavy atom. The van der Waals surface area contributed by atoms with Gasteiger partial charge in [-0.3, -0.25) is 4.79 Å². The first-order valence-corrected chi connectivity index (χ1v) is 11.0.